The van der Waals surface area contributed by atoms with Gasteiger partial charge >= 0.3 is 38.6 Å². The van der Waals surface area contributed by atoms with Gasteiger partial charge in [0.25, 0.3) is 0 Å². The monoisotopic (exact) mass is 137 g/mol. The maximum absolute atomic E-state index is 9.48. The topological polar surface area (TPSA) is 19.9 Å². The van der Waals surface area contributed by atoms with Crippen LogP contribution in [-0.4, -0.2) is 27.1 Å². The average molecular weight is 136 g/mol. The molecule has 0 N–H and O–H groups in total. The van der Waals surface area contributed by atoms with E-state index in [1.165, 1.54) is 0 Å². The molecule has 0 bridgehead atoms. The van der Waals surface area contributed by atoms with Crippen molar-refractivity contribution in [2.75, 3.05) is 6.61 Å². The Bertz CT molecular complexity index is 28.1. The molecular formula is C3H5OSe. The molecule has 0 aliphatic heterocycles. The van der Waals surface area contributed by atoms with Gasteiger partial charge < -0.3 is 0 Å². The van der Waals surface area contributed by atoms with Crippen LogP contribution in [0.15, 0.2) is 0 Å². The van der Waals surface area contributed by atoms with Crippen molar-refractivity contribution in [3.63, 3.8) is 0 Å². The van der Waals surface area contributed by atoms with Gasteiger partial charge in [-0.3, -0.25) is 0 Å². The third-order valence-electron chi connectivity index (χ3n) is 0.236. The first-order chi connectivity index (χ1) is 2.41. The molecule has 0 heterocycles. The zero-order chi connectivity index (χ0) is 4.12. The molecule has 0 aliphatic rings. The molecule has 1 radical (unpaired) electrons. The van der Waals surface area contributed by atoms with Crippen molar-refractivity contribution in [2.45, 2.75) is 6.42 Å². The van der Waals surface area contributed by atoms with Crippen LogP contribution in [0.2, 0.25) is 0 Å². The van der Waals surface area contributed by atoms with E-state index in [0.29, 0.717) is 6.42 Å². The van der Waals surface area contributed by atoms with E-state index in [0.717, 1.165) is 0 Å². The van der Waals surface area contributed by atoms with Crippen molar-refractivity contribution in [3.8, 4) is 0 Å². The van der Waals surface area contributed by atoms with Gasteiger partial charge in [-0.1, -0.05) is 0 Å². The first kappa shape index (κ1) is 5.35. The molecule has 29 valence electrons. The average Bonchev–Trinajstić information content (AvgIpc) is 1.41. The van der Waals surface area contributed by atoms with Gasteiger partial charge in [-0.25, -0.2) is 0 Å². The Hall–Kier alpha value is 0.349. The molecule has 0 fully saturated rings. The standard InChI is InChI=1S/C3H5OSe/c4-2-1-3-5/h3H,1-2H2. The van der Waals surface area contributed by atoms with Gasteiger partial charge in [0.05, 0.1) is 0 Å². The van der Waals surface area contributed by atoms with E-state index in [-0.39, 0.29) is 6.61 Å². The van der Waals surface area contributed by atoms with Crippen LogP contribution < -0.4 is 0 Å². The molecule has 0 unspecified atom stereocenters. The zero-order valence-electron chi connectivity index (χ0n) is 2.81. The van der Waals surface area contributed by atoms with Gasteiger partial charge in [0, 0.05) is 0 Å². The Morgan fingerprint density at radius 3 is 2.40 bits per heavy atom. The number of rotatable bonds is 2. The van der Waals surface area contributed by atoms with Crippen LogP contribution in [0.1, 0.15) is 6.42 Å². The summed E-state index contributed by atoms with van der Waals surface area (Å²) < 4.78 is 0. The molecule has 0 saturated carbocycles. The SMILES string of the molecule is [O]CCC=[Se]. The van der Waals surface area contributed by atoms with E-state index in [9.17, 15) is 5.11 Å². The van der Waals surface area contributed by atoms with E-state index in [2.05, 4.69) is 15.6 Å². The summed E-state index contributed by atoms with van der Waals surface area (Å²) >= 11 is 2.62. The fraction of sp³-hybridized carbons (Fsp3) is 0.667. The molecule has 1 nitrogen and oxygen atoms in total. The number of hydrogen-bond donors (Lipinski definition) is 0. The molecule has 0 amide bonds. The zero-order valence-corrected chi connectivity index (χ0v) is 4.52. The molecular weight excluding hydrogens is 131 g/mol. The van der Waals surface area contributed by atoms with Crippen LogP contribution in [0.3, 0.4) is 0 Å². The normalized spacial score (nSPS) is 7.40. The van der Waals surface area contributed by atoms with Crippen molar-refractivity contribution in [3.05, 3.63) is 0 Å². The van der Waals surface area contributed by atoms with E-state index < -0.39 is 0 Å². The van der Waals surface area contributed by atoms with E-state index in [1.807, 2.05) is 0 Å². The van der Waals surface area contributed by atoms with Gasteiger partial charge in [0.2, 0.25) is 0 Å². The Morgan fingerprint density at radius 2 is 2.40 bits per heavy atom. The first-order valence-corrected chi connectivity index (χ1v) is 2.42. The summed E-state index contributed by atoms with van der Waals surface area (Å²) in [5, 5.41) is 9.48. The maximum atomic E-state index is 9.48. The van der Waals surface area contributed by atoms with Crippen LogP contribution in [0.4, 0.5) is 0 Å². The molecule has 5 heavy (non-hydrogen) atoms. The van der Waals surface area contributed by atoms with Crippen LogP contribution in [0.25, 0.3) is 0 Å². The van der Waals surface area contributed by atoms with Gasteiger partial charge in [-0.05, 0) is 0 Å². The van der Waals surface area contributed by atoms with Crippen LogP contribution in [0.5, 0.6) is 0 Å². The minimum absolute atomic E-state index is 0.00694. The van der Waals surface area contributed by atoms with E-state index >= 15 is 0 Å². The van der Waals surface area contributed by atoms with Gasteiger partial charge in [0.15, 0.2) is 0 Å². The van der Waals surface area contributed by atoms with Crippen LogP contribution in [0, 0.1) is 0 Å². The molecule has 0 aliphatic carbocycles. The fourth-order valence-electron chi connectivity index (χ4n) is 0.0481. The predicted molar refractivity (Wildman–Crippen MR) is 22.0 cm³/mol. The Labute approximate surface area is 39.4 Å². The van der Waals surface area contributed by atoms with E-state index in [4.69, 9.17) is 0 Å². The second-order valence-electron chi connectivity index (χ2n) is 0.659. The molecule has 0 aromatic carbocycles. The molecule has 0 aromatic rings. The van der Waals surface area contributed by atoms with E-state index in [1.54, 1.807) is 4.92 Å². The van der Waals surface area contributed by atoms with Gasteiger partial charge in [0.1, 0.15) is 0 Å². The second-order valence-corrected chi connectivity index (χ2v) is 1.36. The van der Waals surface area contributed by atoms with Crippen LogP contribution >= 0.6 is 0 Å². The molecule has 0 spiro atoms. The quantitative estimate of drug-likeness (QED) is 0.467. The molecule has 0 rings (SSSR count). The van der Waals surface area contributed by atoms with Gasteiger partial charge in [-0.15, -0.1) is 0 Å². The summed E-state index contributed by atoms with van der Waals surface area (Å²) in [5.41, 5.74) is 0. The van der Waals surface area contributed by atoms with Crippen molar-refractivity contribution in [1.82, 2.24) is 0 Å². The molecule has 0 atom stereocenters. The summed E-state index contributed by atoms with van der Waals surface area (Å²) in [5.74, 6) is 0. The Balaban J connectivity index is 2.40. The second kappa shape index (κ2) is 4.35. The summed E-state index contributed by atoms with van der Waals surface area (Å²) in [6.45, 7) is 0.00694. The van der Waals surface area contributed by atoms with Crippen LogP contribution in [-0.2, 0) is 5.11 Å². The van der Waals surface area contributed by atoms with Crippen molar-refractivity contribution < 1.29 is 5.11 Å². The summed E-state index contributed by atoms with van der Waals surface area (Å²) in [4.78, 5) is 1.74. The Morgan fingerprint density at radius 1 is 1.80 bits per heavy atom. The third-order valence-corrected chi connectivity index (χ3v) is 0.730. The summed E-state index contributed by atoms with van der Waals surface area (Å²) in [6.07, 6.45) is 0.653. The summed E-state index contributed by atoms with van der Waals surface area (Å²) in [6, 6.07) is 0. The first-order valence-electron chi connectivity index (χ1n) is 1.43. The predicted octanol–water partition coefficient (Wildman–Crippen LogP) is -0.222. The Kier molecular flexibility index (Phi) is 4.65. The van der Waals surface area contributed by atoms with Gasteiger partial charge in [-0.2, -0.15) is 0 Å². The minimum atomic E-state index is 0.00694. The van der Waals surface area contributed by atoms with Crippen molar-refractivity contribution in [1.29, 1.82) is 0 Å². The number of hydrogen-bond acceptors (Lipinski definition) is 0. The summed E-state index contributed by atoms with van der Waals surface area (Å²) in [7, 11) is 0. The van der Waals surface area contributed by atoms with Crippen molar-refractivity contribution >= 4 is 20.5 Å². The van der Waals surface area contributed by atoms with Crippen molar-refractivity contribution in [2.24, 2.45) is 0 Å². The molecule has 2 heteroatoms. The molecule has 0 aromatic heterocycles. The third kappa shape index (κ3) is 4.35. The fourth-order valence-corrected chi connectivity index (χ4v) is 0.250. The molecule has 0 saturated heterocycles.